The highest BCUT2D eigenvalue weighted by atomic mass is 35.5. The number of amides is 2. The maximum Gasteiger partial charge on any atom is 0.272 e. The maximum absolute atomic E-state index is 13.2. The molecular formula is C20H18ClNO5S. The van der Waals surface area contributed by atoms with E-state index in [9.17, 15) is 14.7 Å². The summed E-state index contributed by atoms with van der Waals surface area (Å²) >= 11 is 7.06. The molecule has 2 amide bonds. The van der Waals surface area contributed by atoms with Gasteiger partial charge in [-0.1, -0.05) is 17.7 Å². The summed E-state index contributed by atoms with van der Waals surface area (Å²) in [5.41, 5.74) is 1.23. The standard InChI is InChI=1S/C20H18ClNO5S/c1-26-15-8-3-12(11-16(15)27-2)17-18(28-10-9-23)20(25)22(19(17)24)14-6-4-13(21)5-7-14/h3-8,11,23H,9-10H2,1-2H3. The van der Waals surface area contributed by atoms with Gasteiger partial charge in [0.15, 0.2) is 11.5 Å². The number of rotatable bonds is 7. The van der Waals surface area contributed by atoms with Crippen molar-refractivity contribution < 1.29 is 24.2 Å². The Morgan fingerprint density at radius 3 is 2.29 bits per heavy atom. The molecule has 0 saturated carbocycles. The predicted octanol–water partition coefficient (Wildman–Crippen LogP) is 3.37. The minimum Gasteiger partial charge on any atom is -0.493 e. The van der Waals surface area contributed by atoms with E-state index in [0.29, 0.717) is 33.5 Å². The van der Waals surface area contributed by atoms with E-state index >= 15 is 0 Å². The zero-order chi connectivity index (χ0) is 20.3. The van der Waals surface area contributed by atoms with Gasteiger partial charge in [-0.15, -0.1) is 11.8 Å². The van der Waals surface area contributed by atoms with Crippen LogP contribution in [0.3, 0.4) is 0 Å². The normalized spacial score (nSPS) is 14.1. The molecule has 0 atom stereocenters. The number of aliphatic hydroxyl groups excluding tert-OH is 1. The average Bonchev–Trinajstić information content (AvgIpc) is 2.96. The van der Waals surface area contributed by atoms with E-state index < -0.39 is 11.8 Å². The third-order valence-electron chi connectivity index (χ3n) is 4.14. The average molecular weight is 420 g/mol. The summed E-state index contributed by atoms with van der Waals surface area (Å²) in [6.07, 6.45) is 0. The third-order valence-corrected chi connectivity index (χ3v) is 5.44. The molecule has 0 spiro atoms. The van der Waals surface area contributed by atoms with E-state index in [0.717, 1.165) is 16.7 Å². The lowest BCUT2D eigenvalue weighted by Gasteiger charge is -2.15. The van der Waals surface area contributed by atoms with Crippen molar-refractivity contribution in [3.8, 4) is 11.5 Å². The van der Waals surface area contributed by atoms with Gasteiger partial charge in [-0.2, -0.15) is 0 Å². The van der Waals surface area contributed by atoms with Crippen molar-refractivity contribution in [2.24, 2.45) is 0 Å². The number of aliphatic hydroxyl groups is 1. The van der Waals surface area contributed by atoms with Gasteiger partial charge in [-0.25, -0.2) is 4.90 Å². The zero-order valence-corrected chi connectivity index (χ0v) is 16.8. The lowest BCUT2D eigenvalue weighted by atomic mass is 10.1. The van der Waals surface area contributed by atoms with Crippen LogP contribution in [0.5, 0.6) is 11.5 Å². The van der Waals surface area contributed by atoms with Crippen LogP contribution in [-0.2, 0) is 9.59 Å². The number of ether oxygens (including phenoxy) is 2. The highest BCUT2D eigenvalue weighted by molar-refractivity contribution is 8.04. The summed E-state index contributed by atoms with van der Waals surface area (Å²) in [6, 6.07) is 11.5. The first kappa shape index (κ1) is 20.3. The molecule has 1 aliphatic heterocycles. The fourth-order valence-electron chi connectivity index (χ4n) is 2.86. The van der Waals surface area contributed by atoms with Crippen LogP contribution in [0.15, 0.2) is 47.4 Å². The number of methoxy groups -OCH3 is 2. The van der Waals surface area contributed by atoms with Crippen LogP contribution in [0.1, 0.15) is 5.56 Å². The summed E-state index contributed by atoms with van der Waals surface area (Å²) in [4.78, 5) is 27.6. The monoisotopic (exact) mass is 419 g/mol. The number of carbonyl (C=O) groups excluding carboxylic acids is 2. The third kappa shape index (κ3) is 3.73. The van der Waals surface area contributed by atoms with Crippen LogP contribution < -0.4 is 14.4 Å². The van der Waals surface area contributed by atoms with E-state index in [2.05, 4.69) is 0 Å². The molecule has 0 fully saturated rings. The first-order valence-electron chi connectivity index (χ1n) is 8.36. The molecule has 0 bridgehead atoms. The quantitative estimate of drug-likeness (QED) is 0.693. The number of halogens is 1. The number of carbonyl (C=O) groups is 2. The van der Waals surface area contributed by atoms with Crippen molar-refractivity contribution in [2.45, 2.75) is 0 Å². The SMILES string of the molecule is COc1ccc(C2=C(SCCO)C(=O)N(c3ccc(Cl)cc3)C2=O)cc1OC. The van der Waals surface area contributed by atoms with Gasteiger partial charge in [-0.05, 0) is 42.0 Å². The van der Waals surface area contributed by atoms with E-state index in [4.69, 9.17) is 21.1 Å². The summed E-state index contributed by atoms with van der Waals surface area (Å²) in [6.45, 7) is -0.115. The molecule has 1 heterocycles. The summed E-state index contributed by atoms with van der Waals surface area (Å²) in [5.74, 6) is 0.377. The van der Waals surface area contributed by atoms with Crippen molar-refractivity contribution in [3.63, 3.8) is 0 Å². The van der Waals surface area contributed by atoms with Crippen molar-refractivity contribution in [3.05, 3.63) is 58.0 Å². The van der Waals surface area contributed by atoms with Crippen LogP contribution in [0.25, 0.3) is 5.57 Å². The Balaban J connectivity index is 2.09. The van der Waals surface area contributed by atoms with Gasteiger partial charge in [0.25, 0.3) is 11.8 Å². The van der Waals surface area contributed by atoms with Crippen LogP contribution in [0, 0.1) is 0 Å². The zero-order valence-electron chi connectivity index (χ0n) is 15.3. The summed E-state index contributed by atoms with van der Waals surface area (Å²) < 4.78 is 10.6. The Kier molecular flexibility index (Phi) is 6.28. The van der Waals surface area contributed by atoms with Crippen molar-refractivity contribution in [1.82, 2.24) is 0 Å². The Hall–Kier alpha value is -2.48. The lowest BCUT2D eigenvalue weighted by Crippen LogP contribution is -2.31. The molecule has 1 N–H and O–H groups in total. The first-order chi connectivity index (χ1) is 13.5. The highest BCUT2D eigenvalue weighted by Gasteiger charge is 2.40. The molecule has 0 saturated heterocycles. The maximum atomic E-state index is 13.2. The Morgan fingerprint density at radius 1 is 1.00 bits per heavy atom. The number of nitrogens with zero attached hydrogens (tertiary/aromatic N) is 1. The van der Waals surface area contributed by atoms with Crippen molar-refractivity contribution in [2.75, 3.05) is 31.5 Å². The van der Waals surface area contributed by atoms with Gasteiger partial charge in [0.05, 0.1) is 37.0 Å². The number of anilines is 1. The number of hydrogen-bond donors (Lipinski definition) is 1. The van der Waals surface area contributed by atoms with E-state index in [1.54, 1.807) is 42.5 Å². The Labute approximate surface area is 171 Å². The van der Waals surface area contributed by atoms with Crippen LogP contribution in [0.2, 0.25) is 5.02 Å². The van der Waals surface area contributed by atoms with Gasteiger partial charge < -0.3 is 14.6 Å². The summed E-state index contributed by atoms with van der Waals surface area (Å²) in [7, 11) is 3.02. The highest BCUT2D eigenvalue weighted by Crippen LogP contribution is 2.40. The molecule has 0 unspecified atom stereocenters. The fraction of sp³-hybridized carbons (Fsp3) is 0.200. The fourth-order valence-corrected chi connectivity index (χ4v) is 3.85. The van der Waals surface area contributed by atoms with Crippen LogP contribution in [-0.4, -0.2) is 43.5 Å². The molecule has 1 aliphatic rings. The number of benzene rings is 2. The van der Waals surface area contributed by atoms with Gasteiger partial charge >= 0.3 is 0 Å². The molecule has 2 aromatic carbocycles. The molecule has 3 rings (SSSR count). The van der Waals surface area contributed by atoms with Crippen molar-refractivity contribution in [1.29, 1.82) is 0 Å². The minimum atomic E-state index is -0.444. The second-order valence-corrected chi connectivity index (χ2v) is 7.31. The van der Waals surface area contributed by atoms with E-state index in [-0.39, 0.29) is 17.1 Å². The molecule has 146 valence electrons. The smallest absolute Gasteiger partial charge is 0.272 e. The van der Waals surface area contributed by atoms with E-state index in [1.807, 2.05) is 0 Å². The van der Waals surface area contributed by atoms with Gasteiger partial charge in [-0.3, -0.25) is 9.59 Å². The molecule has 8 heteroatoms. The molecule has 0 aromatic heterocycles. The second-order valence-electron chi connectivity index (χ2n) is 5.77. The topological polar surface area (TPSA) is 76.1 Å². The molecule has 0 aliphatic carbocycles. The predicted molar refractivity (Wildman–Crippen MR) is 110 cm³/mol. The molecule has 2 aromatic rings. The first-order valence-corrected chi connectivity index (χ1v) is 9.72. The molecule has 6 nitrogen and oxygen atoms in total. The van der Waals surface area contributed by atoms with Gasteiger partial charge in [0.2, 0.25) is 0 Å². The van der Waals surface area contributed by atoms with Gasteiger partial charge in [0, 0.05) is 10.8 Å². The van der Waals surface area contributed by atoms with Crippen LogP contribution >= 0.6 is 23.4 Å². The molecular weight excluding hydrogens is 402 g/mol. The molecule has 0 radical (unpaired) electrons. The Morgan fingerprint density at radius 2 is 1.68 bits per heavy atom. The Bertz CT molecular complexity index is 942. The van der Waals surface area contributed by atoms with E-state index in [1.165, 1.54) is 14.2 Å². The molecule has 28 heavy (non-hydrogen) atoms. The van der Waals surface area contributed by atoms with Gasteiger partial charge in [0.1, 0.15) is 0 Å². The lowest BCUT2D eigenvalue weighted by molar-refractivity contribution is -0.119. The largest absolute Gasteiger partial charge is 0.493 e. The van der Waals surface area contributed by atoms with Crippen LogP contribution in [0.4, 0.5) is 5.69 Å². The summed E-state index contributed by atoms with van der Waals surface area (Å²) in [5, 5.41) is 9.70. The number of thioether (sulfide) groups is 1. The number of hydrogen-bond acceptors (Lipinski definition) is 6. The minimum absolute atomic E-state index is 0.115. The van der Waals surface area contributed by atoms with Crippen molar-refractivity contribution >= 4 is 46.4 Å². The second kappa shape index (κ2) is 8.68. The number of imide groups is 1.